The SMILES string of the molecule is COc1cccc(CCNCCN(C)C)c1. The highest BCUT2D eigenvalue weighted by atomic mass is 16.5. The van der Waals surface area contributed by atoms with Gasteiger partial charge in [-0.25, -0.2) is 0 Å². The van der Waals surface area contributed by atoms with Crippen LogP contribution in [-0.2, 0) is 6.42 Å². The van der Waals surface area contributed by atoms with Gasteiger partial charge in [-0.2, -0.15) is 0 Å². The molecular weight excluding hydrogens is 200 g/mol. The smallest absolute Gasteiger partial charge is 0.119 e. The monoisotopic (exact) mass is 222 g/mol. The molecule has 0 atom stereocenters. The Balaban J connectivity index is 2.21. The second-order valence-electron chi connectivity index (χ2n) is 4.15. The van der Waals surface area contributed by atoms with E-state index >= 15 is 0 Å². The normalized spacial score (nSPS) is 10.8. The number of methoxy groups -OCH3 is 1. The van der Waals surface area contributed by atoms with Crippen LogP contribution in [0.1, 0.15) is 5.56 Å². The second-order valence-corrected chi connectivity index (χ2v) is 4.15. The third-order valence-electron chi connectivity index (χ3n) is 2.46. The third-order valence-corrected chi connectivity index (χ3v) is 2.46. The summed E-state index contributed by atoms with van der Waals surface area (Å²) in [7, 11) is 5.88. The van der Waals surface area contributed by atoms with E-state index in [-0.39, 0.29) is 0 Å². The zero-order chi connectivity index (χ0) is 11.8. The quantitative estimate of drug-likeness (QED) is 0.706. The van der Waals surface area contributed by atoms with Gasteiger partial charge in [-0.3, -0.25) is 0 Å². The lowest BCUT2D eigenvalue weighted by Gasteiger charge is -2.10. The Kier molecular flexibility index (Phi) is 5.90. The first-order chi connectivity index (χ1) is 7.72. The molecule has 0 aliphatic heterocycles. The minimum Gasteiger partial charge on any atom is -0.497 e. The Morgan fingerprint density at radius 2 is 2.06 bits per heavy atom. The van der Waals surface area contributed by atoms with E-state index in [4.69, 9.17) is 4.74 Å². The van der Waals surface area contributed by atoms with Crippen LogP contribution < -0.4 is 10.1 Å². The van der Waals surface area contributed by atoms with Crippen LogP contribution in [0.15, 0.2) is 24.3 Å². The zero-order valence-corrected chi connectivity index (χ0v) is 10.5. The molecule has 1 aromatic rings. The highest BCUT2D eigenvalue weighted by molar-refractivity contribution is 5.28. The molecule has 16 heavy (non-hydrogen) atoms. The van der Waals surface area contributed by atoms with E-state index in [1.807, 2.05) is 12.1 Å². The lowest BCUT2D eigenvalue weighted by atomic mass is 10.1. The average Bonchev–Trinajstić information content (AvgIpc) is 2.28. The number of nitrogens with one attached hydrogen (secondary N) is 1. The Morgan fingerprint density at radius 3 is 2.75 bits per heavy atom. The van der Waals surface area contributed by atoms with Crippen LogP contribution >= 0.6 is 0 Å². The number of ether oxygens (including phenoxy) is 1. The molecule has 0 aliphatic rings. The summed E-state index contributed by atoms with van der Waals surface area (Å²) in [5.74, 6) is 0.936. The molecule has 1 N–H and O–H groups in total. The maximum atomic E-state index is 5.19. The Morgan fingerprint density at radius 1 is 1.25 bits per heavy atom. The molecular formula is C13H22N2O. The molecule has 3 heteroatoms. The van der Waals surface area contributed by atoms with Gasteiger partial charge in [-0.15, -0.1) is 0 Å². The van der Waals surface area contributed by atoms with E-state index < -0.39 is 0 Å². The van der Waals surface area contributed by atoms with E-state index in [0.717, 1.165) is 31.8 Å². The number of hydrogen-bond acceptors (Lipinski definition) is 3. The van der Waals surface area contributed by atoms with Crippen LogP contribution in [0.3, 0.4) is 0 Å². The molecule has 3 nitrogen and oxygen atoms in total. The van der Waals surface area contributed by atoms with Crippen LogP contribution in [0.2, 0.25) is 0 Å². The molecule has 0 bridgehead atoms. The van der Waals surface area contributed by atoms with Crippen molar-refractivity contribution in [3.8, 4) is 5.75 Å². The van der Waals surface area contributed by atoms with Gasteiger partial charge >= 0.3 is 0 Å². The van der Waals surface area contributed by atoms with Crippen molar-refractivity contribution in [1.29, 1.82) is 0 Å². The highest BCUT2D eigenvalue weighted by Crippen LogP contribution is 2.12. The fourth-order valence-electron chi connectivity index (χ4n) is 1.49. The molecule has 1 aromatic carbocycles. The molecule has 0 aromatic heterocycles. The van der Waals surface area contributed by atoms with E-state index in [1.54, 1.807) is 7.11 Å². The largest absolute Gasteiger partial charge is 0.497 e. The Hall–Kier alpha value is -1.06. The first kappa shape index (κ1) is 13.0. The third kappa shape index (κ3) is 5.14. The summed E-state index contributed by atoms with van der Waals surface area (Å²) in [4.78, 5) is 2.18. The van der Waals surface area contributed by atoms with Crippen molar-refractivity contribution in [3.05, 3.63) is 29.8 Å². The summed E-state index contributed by atoms with van der Waals surface area (Å²) >= 11 is 0. The Labute approximate surface area is 98.4 Å². The van der Waals surface area contributed by atoms with Gasteiger partial charge in [0.25, 0.3) is 0 Å². The lowest BCUT2D eigenvalue weighted by Crippen LogP contribution is -2.27. The van der Waals surface area contributed by atoms with Crippen molar-refractivity contribution < 1.29 is 4.74 Å². The molecule has 0 saturated carbocycles. The van der Waals surface area contributed by atoms with Gasteiger partial charge in [0.05, 0.1) is 7.11 Å². The highest BCUT2D eigenvalue weighted by Gasteiger charge is 1.96. The van der Waals surface area contributed by atoms with Gasteiger partial charge in [-0.1, -0.05) is 12.1 Å². The molecule has 0 fully saturated rings. The predicted octanol–water partition coefficient (Wildman–Crippen LogP) is 1.39. The van der Waals surface area contributed by atoms with E-state index in [0.29, 0.717) is 0 Å². The maximum absolute atomic E-state index is 5.19. The standard InChI is InChI=1S/C13H22N2O/c1-15(2)10-9-14-8-7-12-5-4-6-13(11-12)16-3/h4-6,11,14H,7-10H2,1-3H3. The van der Waals surface area contributed by atoms with E-state index in [2.05, 4.69) is 36.4 Å². The molecule has 0 aliphatic carbocycles. The Bertz CT molecular complexity index is 300. The predicted molar refractivity (Wildman–Crippen MR) is 68.1 cm³/mol. The molecule has 90 valence electrons. The first-order valence-electron chi connectivity index (χ1n) is 5.71. The van der Waals surface area contributed by atoms with Crippen molar-refractivity contribution in [2.24, 2.45) is 0 Å². The van der Waals surface area contributed by atoms with Gasteiger partial charge < -0.3 is 15.0 Å². The first-order valence-corrected chi connectivity index (χ1v) is 5.71. The minimum atomic E-state index is 0.936. The van der Waals surface area contributed by atoms with Gasteiger partial charge in [0.15, 0.2) is 0 Å². The van der Waals surface area contributed by atoms with Crippen LogP contribution in [0.25, 0.3) is 0 Å². The lowest BCUT2D eigenvalue weighted by molar-refractivity contribution is 0.400. The molecule has 0 amide bonds. The number of likely N-dealkylation sites (N-methyl/N-ethyl adjacent to an activating group) is 1. The summed E-state index contributed by atoms with van der Waals surface area (Å²) in [6.45, 7) is 3.14. The van der Waals surface area contributed by atoms with Crippen molar-refractivity contribution in [1.82, 2.24) is 10.2 Å². The van der Waals surface area contributed by atoms with Crippen molar-refractivity contribution in [2.45, 2.75) is 6.42 Å². The summed E-state index contributed by atoms with van der Waals surface area (Å²) in [6, 6.07) is 8.24. The number of rotatable bonds is 7. The topological polar surface area (TPSA) is 24.5 Å². The van der Waals surface area contributed by atoms with Gasteiger partial charge in [-0.05, 0) is 44.8 Å². The average molecular weight is 222 g/mol. The fourth-order valence-corrected chi connectivity index (χ4v) is 1.49. The zero-order valence-electron chi connectivity index (χ0n) is 10.5. The number of nitrogens with zero attached hydrogens (tertiary/aromatic N) is 1. The summed E-state index contributed by atoms with van der Waals surface area (Å²) < 4.78 is 5.19. The number of benzene rings is 1. The van der Waals surface area contributed by atoms with Crippen LogP contribution in [0, 0.1) is 0 Å². The molecule has 0 radical (unpaired) electrons. The number of hydrogen-bond donors (Lipinski definition) is 1. The van der Waals surface area contributed by atoms with Crippen LogP contribution in [0.5, 0.6) is 5.75 Å². The second kappa shape index (κ2) is 7.25. The van der Waals surface area contributed by atoms with Crippen molar-refractivity contribution >= 4 is 0 Å². The van der Waals surface area contributed by atoms with Crippen molar-refractivity contribution in [2.75, 3.05) is 40.8 Å². The minimum absolute atomic E-state index is 0.936. The van der Waals surface area contributed by atoms with E-state index in [1.165, 1.54) is 5.56 Å². The molecule has 0 unspecified atom stereocenters. The van der Waals surface area contributed by atoms with Gasteiger partial charge in [0.2, 0.25) is 0 Å². The summed E-state index contributed by atoms with van der Waals surface area (Å²) in [5.41, 5.74) is 1.32. The van der Waals surface area contributed by atoms with Crippen molar-refractivity contribution in [3.63, 3.8) is 0 Å². The molecule has 0 spiro atoms. The molecule has 0 saturated heterocycles. The maximum Gasteiger partial charge on any atom is 0.119 e. The van der Waals surface area contributed by atoms with Crippen LogP contribution in [0.4, 0.5) is 0 Å². The molecule has 1 rings (SSSR count). The summed E-state index contributed by atoms with van der Waals surface area (Å²) in [6.07, 6.45) is 1.05. The fraction of sp³-hybridized carbons (Fsp3) is 0.538. The van der Waals surface area contributed by atoms with Crippen LogP contribution in [-0.4, -0.2) is 45.7 Å². The van der Waals surface area contributed by atoms with E-state index in [9.17, 15) is 0 Å². The van der Waals surface area contributed by atoms with Gasteiger partial charge in [0.1, 0.15) is 5.75 Å². The molecule has 0 heterocycles. The van der Waals surface area contributed by atoms with Gasteiger partial charge in [0, 0.05) is 13.1 Å². The summed E-state index contributed by atoms with van der Waals surface area (Å²) in [5, 5.41) is 3.42.